The average Bonchev–Trinajstić information content (AvgIpc) is 2.78. The van der Waals surface area contributed by atoms with E-state index in [1.807, 2.05) is 38.2 Å². The molecule has 2 nitrogen and oxygen atoms in total. The van der Waals surface area contributed by atoms with Crippen LogP contribution in [0.15, 0.2) is 66.4 Å². The van der Waals surface area contributed by atoms with Gasteiger partial charge in [0, 0.05) is 18.7 Å². The second-order valence-electron chi connectivity index (χ2n) is 8.71. The smallest absolute Gasteiger partial charge is 0.123 e. The molecule has 1 atom stereocenters. The lowest BCUT2D eigenvalue weighted by atomic mass is 9.87. The maximum absolute atomic E-state index is 12.9. The van der Waals surface area contributed by atoms with Crippen LogP contribution in [0.4, 0.5) is 8.78 Å². The van der Waals surface area contributed by atoms with Gasteiger partial charge in [0.05, 0.1) is 12.9 Å². The highest BCUT2D eigenvalue weighted by Crippen LogP contribution is 2.24. The van der Waals surface area contributed by atoms with Crippen molar-refractivity contribution in [3.63, 3.8) is 0 Å². The molecule has 0 aliphatic carbocycles. The van der Waals surface area contributed by atoms with Crippen LogP contribution in [-0.2, 0) is 10.2 Å². The Labute approximate surface area is 200 Å². The summed E-state index contributed by atoms with van der Waals surface area (Å²) in [6.45, 7) is 16.7. The Bertz CT molecular complexity index is 790. The standard InChI is InChI=1S/C15H22FN.C10H13F.C4H8O/c1-4-6-7-15(17-3)14(5-2)12-8-10-13(16)11-9-12;1-10(2,3)8-4-6-9(11)7-5-8;1-3-5-4-2/h8-11,14H,4-7H2,1-3H3;4-7H,1-3H3;3H,1,4H2,2H3. The molecule has 0 heterocycles. The number of hydrogen-bond acceptors (Lipinski definition) is 2. The first-order chi connectivity index (χ1) is 15.6. The van der Waals surface area contributed by atoms with Crippen molar-refractivity contribution in [2.24, 2.45) is 4.99 Å². The van der Waals surface area contributed by atoms with E-state index in [0.717, 1.165) is 19.4 Å². The fraction of sp³-hybridized carbons (Fsp3) is 0.483. The number of halogens is 2. The number of nitrogens with zero attached hydrogens (tertiary/aromatic N) is 1. The highest BCUT2D eigenvalue weighted by atomic mass is 19.1. The zero-order valence-electron chi connectivity index (χ0n) is 21.6. The summed E-state index contributed by atoms with van der Waals surface area (Å²) in [6, 6.07) is 13.5. The summed E-state index contributed by atoms with van der Waals surface area (Å²) in [5.74, 6) is -0.00250. The van der Waals surface area contributed by atoms with Crippen LogP contribution in [-0.4, -0.2) is 19.4 Å². The topological polar surface area (TPSA) is 21.6 Å². The molecule has 0 aliphatic heterocycles. The monoisotopic (exact) mass is 459 g/mol. The Balaban J connectivity index is 0.000000546. The van der Waals surface area contributed by atoms with Crippen LogP contribution >= 0.6 is 0 Å². The summed E-state index contributed by atoms with van der Waals surface area (Å²) < 4.78 is 30.0. The molecule has 0 saturated carbocycles. The lowest BCUT2D eigenvalue weighted by Gasteiger charge is -2.18. The van der Waals surface area contributed by atoms with Crippen LogP contribution < -0.4 is 0 Å². The maximum atomic E-state index is 12.9. The van der Waals surface area contributed by atoms with Gasteiger partial charge in [0.1, 0.15) is 11.6 Å². The molecule has 2 aromatic carbocycles. The first-order valence-corrected chi connectivity index (χ1v) is 11.8. The molecule has 2 aromatic rings. The van der Waals surface area contributed by atoms with Gasteiger partial charge in [-0.25, -0.2) is 8.78 Å². The van der Waals surface area contributed by atoms with E-state index < -0.39 is 0 Å². The van der Waals surface area contributed by atoms with Crippen LogP contribution in [0.5, 0.6) is 0 Å². The number of hydrogen-bond donors (Lipinski definition) is 0. The molecule has 33 heavy (non-hydrogen) atoms. The van der Waals surface area contributed by atoms with E-state index in [-0.39, 0.29) is 17.0 Å². The van der Waals surface area contributed by atoms with E-state index in [1.54, 1.807) is 0 Å². The molecule has 1 unspecified atom stereocenters. The van der Waals surface area contributed by atoms with Crippen molar-refractivity contribution >= 4 is 5.71 Å². The van der Waals surface area contributed by atoms with Gasteiger partial charge in [-0.2, -0.15) is 0 Å². The van der Waals surface area contributed by atoms with Crippen molar-refractivity contribution in [3.05, 3.63) is 84.1 Å². The Kier molecular flexibility index (Phi) is 15.8. The molecule has 0 aromatic heterocycles. The normalized spacial score (nSPS) is 12.0. The first-order valence-electron chi connectivity index (χ1n) is 11.8. The predicted octanol–water partition coefficient (Wildman–Crippen LogP) is 8.87. The highest BCUT2D eigenvalue weighted by molar-refractivity contribution is 5.90. The number of unbranched alkanes of at least 4 members (excludes halogenated alkanes) is 1. The van der Waals surface area contributed by atoms with Crippen LogP contribution in [0.1, 0.15) is 84.3 Å². The molecule has 0 N–H and O–H groups in total. The molecule has 0 amide bonds. The fourth-order valence-electron chi connectivity index (χ4n) is 3.23. The van der Waals surface area contributed by atoms with Gasteiger partial charge in [-0.1, -0.05) is 71.9 Å². The van der Waals surface area contributed by atoms with E-state index in [2.05, 4.69) is 50.9 Å². The van der Waals surface area contributed by atoms with Gasteiger partial charge in [-0.15, -0.1) is 0 Å². The van der Waals surface area contributed by atoms with Gasteiger partial charge in [0.2, 0.25) is 0 Å². The van der Waals surface area contributed by atoms with Crippen LogP contribution in [0.2, 0.25) is 0 Å². The summed E-state index contributed by atoms with van der Waals surface area (Å²) in [4.78, 5) is 4.42. The van der Waals surface area contributed by atoms with Crippen molar-refractivity contribution < 1.29 is 13.5 Å². The summed E-state index contributed by atoms with van der Waals surface area (Å²) in [6.07, 6.45) is 5.84. The molecule has 0 bridgehead atoms. The Morgan fingerprint density at radius 1 is 0.970 bits per heavy atom. The van der Waals surface area contributed by atoms with E-state index in [4.69, 9.17) is 0 Å². The van der Waals surface area contributed by atoms with E-state index in [9.17, 15) is 8.78 Å². The zero-order valence-corrected chi connectivity index (χ0v) is 21.6. The Morgan fingerprint density at radius 2 is 1.48 bits per heavy atom. The third-order valence-electron chi connectivity index (χ3n) is 5.15. The fourth-order valence-corrected chi connectivity index (χ4v) is 3.23. The second kappa shape index (κ2) is 17.0. The lowest BCUT2D eigenvalue weighted by molar-refractivity contribution is 0.270. The van der Waals surface area contributed by atoms with Crippen molar-refractivity contribution in [1.82, 2.24) is 0 Å². The van der Waals surface area contributed by atoms with Gasteiger partial charge >= 0.3 is 0 Å². The quantitative estimate of drug-likeness (QED) is 0.285. The van der Waals surface area contributed by atoms with Crippen molar-refractivity contribution in [2.45, 2.75) is 78.6 Å². The molecule has 0 spiro atoms. The number of aliphatic imine (C=N–C) groups is 1. The molecule has 4 heteroatoms. The first kappa shape index (κ1) is 30.5. The molecular weight excluding hydrogens is 416 g/mol. The summed E-state index contributed by atoms with van der Waals surface area (Å²) in [5.41, 5.74) is 3.69. The van der Waals surface area contributed by atoms with E-state index >= 15 is 0 Å². The van der Waals surface area contributed by atoms with Gasteiger partial charge in [-0.05, 0) is 67.0 Å². The Morgan fingerprint density at radius 3 is 1.82 bits per heavy atom. The largest absolute Gasteiger partial charge is 0.502 e. The van der Waals surface area contributed by atoms with Crippen molar-refractivity contribution in [2.75, 3.05) is 13.7 Å². The second-order valence-corrected chi connectivity index (χ2v) is 8.71. The van der Waals surface area contributed by atoms with Crippen LogP contribution in [0.3, 0.4) is 0 Å². The summed E-state index contributed by atoms with van der Waals surface area (Å²) in [7, 11) is 1.86. The van der Waals surface area contributed by atoms with Crippen molar-refractivity contribution in [3.8, 4) is 0 Å². The number of ether oxygens (including phenoxy) is 1. The molecule has 184 valence electrons. The highest BCUT2D eigenvalue weighted by Gasteiger charge is 2.15. The summed E-state index contributed by atoms with van der Waals surface area (Å²) >= 11 is 0. The maximum Gasteiger partial charge on any atom is 0.123 e. The predicted molar refractivity (Wildman–Crippen MR) is 139 cm³/mol. The van der Waals surface area contributed by atoms with Crippen LogP contribution in [0, 0.1) is 11.6 Å². The van der Waals surface area contributed by atoms with E-state index in [1.165, 1.54) is 60.2 Å². The molecule has 0 aliphatic rings. The molecule has 0 fully saturated rings. The number of rotatable bonds is 8. The zero-order chi connectivity index (χ0) is 25.3. The minimum Gasteiger partial charge on any atom is -0.502 e. The van der Waals surface area contributed by atoms with Gasteiger partial charge in [0.15, 0.2) is 0 Å². The molecule has 2 rings (SSSR count). The lowest BCUT2D eigenvalue weighted by Crippen LogP contribution is -2.12. The molecule has 0 saturated heterocycles. The Hall–Kier alpha value is -2.49. The minimum absolute atomic E-state index is 0.119. The summed E-state index contributed by atoms with van der Waals surface area (Å²) in [5, 5.41) is 0. The van der Waals surface area contributed by atoms with Gasteiger partial charge in [0.25, 0.3) is 0 Å². The minimum atomic E-state index is -0.174. The van der Waals surface area contributed by atoms with Gasteiger partial charge in [-0.3, -0.25) is 4.99 Å². The third-order valence-corrected chi connectivity index (χ3v) is 5.15. The SMILES string of the molecule is C=COCC.CC(C)(C)c1ccc(F)cc1.CCCCC(=NC)C(CC)c1ccc(F)cc1. The van der Waals surface area contributed by atoms with Crippen LogP contribution in [0.25, 0.3) is 0 Å². The third kappa shape index (κ3) is 13.0. The average molecular weight is 460 g/mol. The molecular formula is C29H43F2NO. The number of benzene rings is 2. The van der Waals surface area contributed by atoms with E-state index in [0.29, 0.717) is 5.92 Å². The van der Waals surface area contributed by atoms with Gasteiger partial charge < -0.3 is 4.74 Å². The van der Waals surface area contributed by atoms with Crippen molar-refractivity contribution in [1.29, 1.82) is 0 Å². The molecule has 0 radical (unpaired) electrons.